The largest absolute Gasteiger partial charge is 0.366 e. The number of anilines is 2. The number of nitrogens with zero attached hydrogens (tertiary/aromatic N) is 2. The number of nitrogens with two attached hydrogens (primary N) is 1. The molecule has 16 heavy (non-hydrogen) atoms. The lowest BCUT2D eigenvalue weighted by Gasteiger charge is -2.19. The van der Waals surface area contributed by atoms with Crippen LogP contribution in [-0.2, 0) is 0 Å². The lowest BCUT2D eigenvalue weighted by atomic mass is 10.2. The Balaban J connectivity index is 2.02. The molecule has 0 amide bonds. The number of hydrogen-bond donors (Lipinski definition) is 3. The first-order valence-corrected chi connectivity index (χ1v) is 6.70. The predicted octanol–water partition coefficient (Wildman–Crippen LogP) is 1.46. The highest BCUT2D eigenvalue weighted by atomic mass is 32.2. The van der Waals surface area contributed by atoms with Gasteiger partial charge in [0.2, 0.25) is 0 Å². The third-order valence-electron chi connectivity index (χ3n) is 2.90. The van der Waals surface area contributed by atoms with Crippen LogP contribution in [0.5, 0.6) is 0 Å². The van der Waals surface area contributed by atoms with Crippen LogP contribution in [0.15, 0.2) is 12.4 Å². The molecule has 0 saturated heterocycles. The van der Waals surface area contributed by atoms with Crippen molar-refractivity contribution in [3.05, 3.63) is 12.4 Å². The highest BCUT2D eigenvalue weighted by Crippen LogP contribution is 2.30. The Hall–Kier alpha value is -1.01. The monoisotopic (exact) mass is 239 g/mol. The summed E-state index contributed by atoms with van der Waals surface area (Å²) in [6, 6.07) is 2.34. The number of nitrogens with one attached hydrogen (secondary N) is 2. The minimum absolute atomic E-state index is 0.510. The van der Waals surface area contributed by atoms with Gasteiger partial charge in [-0.15, -0.1) is 0 Å². The Kier molecular flexibility index (Phi) is 3.84. The van der Waals surface area contributed by atoms with Gasteiger partial charge in [0, 0.05) is 17.4 Å². The quantitative estimate of drug-likeness (QED) is 0.545. The van der Waals surface area contributed by atoms with E-state index in [-0.39, 0.29) is 0 Å². The topological polar surface area (TPSA) is 75.9 Å². The molecule has 4 N–H and O–H groups in total. The van der Waals surface area contributed by atoms with Gasteiger partial charge in [0.1, 0.15) is 18.0 Å². The Morgan fingerprint density at radius 1 is 1.38 bits per heavy atom. The number of hydrogen-bond acceptors (Lipinski definition) is 6. The molecular weight excluding hydrogens is 222 g/mol. The Labute approximate surface area is 99.6 Å². The molecule has 1 fully saturated rings. The molecule has 1 aliphatic carbocycles. The summed E-state index contributed by atoms with van der Waals surface area (Å²) < 4.78 is 0. The maximum atomic E-state index is 5.31. The van der Waals surface area contributed by atoms with Crippen molar-refractivity contribution in [1.82, 2.24) is 9.97 Å². The molecule has 2 atom stereocenters. The van der Waals surface area contributed by atoms with Crippen molar-refractivity contribution in [3.63, 3.8) is 0 Å². The second kappa shape index (κ2) is 5.36. The van der Waals surface area contributed by atoms with E-state index in [4.69, 9.17) is 5.84 Å². The average molecular weight is 239 g/mol. The van der Waals surface area contributed by atoms with Crippen molar-refractivity contribution in [3.8, 4) is 0 Å². The summed E-state index contributed by atoms with van der Waals surface area (Å²) >= 11 is 1.92. The zero-order valence-electron chi connectivity index (χ0n) is 9.31. The van der Waals surface area contributed by atoms with Gasteiger partial charge in [-0.1, -0.05) is 6.42 Å². The first-order chi connectivity index (χ1) is 7.83. The third kappa shape index (κ3) is 2.56. The van der Waals surface area contributed by atoms with Crippen LogP contribution in [0.4, 0.5) is 11.6 Å². The Bertz CT molecular complexity index is 346. The smallest absolute Gasteiger partial charge is 0.145 e. The van der Waals surface area contributed by atoms with Crippen molar-refractivity contribution in [2.75, 3.05) is 17.0 Å². The van der Waals surface area contributed by atoms with Gasteiger partial charge in [-0.05, 0) is 19.1 Å². The summed E-state index contributed by atoms with van der Waals surface area (Å²) in [5.74, 6) is 6.79. The molecule has 0 bridgehead atoms. The van der Waals surface area contributed by atoms with E-state index in [0.29, 0.717) is 17.1 Å². The molecule has 0 spiro atoms. The van der Waals surface area contributed by atoms with E-state index in [1.54, 1.807) is 0 Å². The van der Waals surface area contributed by atoms with Crippen molar-refractivity contribution < 1.29 is 0 Å². The summed E-state index contributed by atoms with van der Waals surface area (Å²) in [5.41, 5.74) is 2.52. The van der Waals surface area contributed by atoms with Gasteiger partial charge < -0.3 is 10.7 Å². The van der Waals surface area contributed by atoms with Gasteiger partial charge in [0.15, 0.2) is 0 Å². The minimum atomic E-state index is 0.510. The number of hydrazine groups is 1. The first-order valence-electron chi connectivity index (χ1n) is 5.41. The second-order valence-corrected chi connectivity index (χ2v) is 4.97. The van der Waals surface area contributed by atoms with E-state index in [1.165, 1.54) is 25.6 Å². The molecular formula is C10H17N5S. The van der Waals surface area contributed by atoms with Crippen LogP contribution in [0.1, 0.15) is 19.3 Å². The molecule has 2 unspecified atom stereocenters. The van der Waals surface area contributed by atoms with E-state index >= 15 is 0 Å². The molecule has 1 heterocycles. The number of thioether (sulfide) groups is 1. The maximum absolute atomic E-state index is 5.31. The average Bonchev–Trinajstić information content (AvgIpc) is 2.76. The van der Waals surface area contributed by atoms with Crippen molar-refractivity contribution >= 4 is 23.4 Å². The van der Waals surface area contributed by atoms with Crippen LogP contribution in [0.3, 0.4) is 0 Å². The molecule has 1 saturated carbocycles. The molecule has 1 aromatic heterocycles. The highest BCUT2D eigenvalue weighted by molar-refractivity contribution is 7.99. The SMILES string of the molecule is CSC1CCCC1Nc1cc(NN)ncn1. The minimum Gasteiger partial charge on any atom is -0.366 e. The maximum Gasteiger partial charge on any atom is 0.145 e. The van der Waals surface area contributed by atoms with E-state index in [9.17, 15) is 0 Å². The van der Waals surface area contributed by atoms with Crippen molar-refractivity contribution in [2.45, 2.75) is 30.6 Å². The molecule has 0 aliphatic heterocycles. The van der Waals surface area contributed by atoms with Crippen LogP contribution in [-0.4, -0.2) is 27.5 Å². The lowest BCUT2D eigenvalue weighted by Crippen LogP contribution is -2.26. The number of rotatable bonds is 4. The predicted molar refractivity (Wildman–Crippen MR) is 68.4 cm³/mol. The zero-order chi connectivity index (χ0) is 11.4. The highest BCUT2D eigenvalue weighted by Gasteiger charge is 2.26. The summed E-state index contributed by atoms with van der Waals surface area (Å²) in [6.07, 6.45) is 7.46. The van der Waals surface area contributed by atoms with E-state index in [1.807, 2.05) is 17.8 Å². The third-order valence-corrected chi connectivity index (χ3v) is 4.07. The molecule has 1 aliphatic rings. The molecule has 0 radical (unpaired) electrons. The van der Waals surface area contributed by atoms with Gasteiger partial charge in [-0.25, -0.2) is 15.8 Å². The first kappa shape index (κ1) is 11.5. The van der Waals surface area contributed by atoms with E-state index < -0.39 is 0 Å². The Morgan fingerprint density at radius 2 is 2.19 bits per heavy atom. The zero-order valence-corrected chi connectivity index (χ0v) is 10.1. The van der Waals surface area contributed by atoms with Gasteiger partial charge in [-0.2, -0.15) is 11.8 Å². The van der Waals surface area contributed by atoms with E-state index in [0.717, 1.165) is 5.82 Å². The summed E-state index contributed by atoms with van der Waals surface area (Å²) in [4.78, 5) is 8.17. The van der Waals surface area contributed by atoms with Gasteiger partial charge in [0.05, 0.1) is 0 Å². The molecule has 0 aromatic carbocycles. The fraction of sp³-hybridized carbons (Fsp3) is 0.600. The molecule has 2 rings (SSSR count). The van der Waals surface area contributed by atoms with Crippen LogP contribution < -0.4 is 16.6 Å². The number of aromatic nitrogens is 2. The van der Waals surface area contributed by atoms with Crippen molar-refractivity contribution in [2.24, 2.45) is 5.84 Å². The Morgan fingerprint density at radius 3 is 2.94 bits per heavy atom. The van der Waals surface area contributed by atoms with Crippen LogP contribution in [0, 0.1) is 0 Å². The second-order valence-electron chi connectivity index (χ2n) is 3.89. The van der Waals surface area contributed by atoms with E-state index in [2.05, 4.69) is 27.0 Å². The fourth-order valence-electron chi connectivity index (χ4n) is 2.08. The van der Waals surface area contributed by atoms with Gasteiger partial charge in [0.25, 0.3) is 0 Å². The van der Waals surface area contributed by atoms with Crippen LogP contribution >= 0.6 is 11.8 Å². The summed E-state index contributed by atoms with van der Waals surface area (Å²) in [6.45, 7) is 0. The fourth-order valence-corrected chi connectivity index (χ4v) is 3.01. The van der Waals surface area contributed by atoms with Gasteiger partial charge in [-0.3, -0.25) is 0 Å². The van der Waals surface area contributed by atoms with Gasteiger partial charge >= 0.3 is 0 Å². The summed E-state index contributed by atoms with van der Waals surface area (Å²) in [7, 11) is 0. The van der Waals surface area contributed by atoms with Crippen molar-refractivity contribution in [1.29, 1.82) is 0 Å². The summed E-state index contributed by atoms with van der Waals surface area (Å²) in [5, 5.41) is 4.13. The molecule has 1 aromatic rings. The molecule has 5 nitrogen and oxygen atoms in total. The van der Waals surface area contributed by atoms with Crippen LogP contribution in [0.2, 0.25) is 0 Å². The standard InChI is InChI=1S/C10H17N5S/c1-16-8-4-2-3-7(8)14-9-5-10(15-11)13-6-12-9/h5-8H,2-4,11H2,1H3,(H2,12,13,14,15). The normalized spacial score (nSPS) is 24.4. The lowest BCUT2D eigenvalue weighted by molar-refractivity contribution is 0.762. The molecule has 6 heteroatoms. The van der Waals surface area contributed by atoms with Crippen LogP contribution in [0.25, 0.3) is 0 Å². The number of nitrogen functional groups attached to an aromatic ring is 1. The molecule has 88 valence electrons.